The number of hydrogen-bond acceptors (Lipinski definition) is 6. The molecule has 2 aromatic heterocycles. The Kier molecular flexibility index (Phi) is 10.4. The molecule has 1 amide bonds. The van der Waals surface area contributed by atoms with Gasteiger partial charge >= 0.3 is 0 Å². The molecule has 2 aromatic carbocycles. The lowest BCUT2D eigenvalue weighted by Crippen LogP contribution is -2.44. The van der Waals surface area contributed by atoms with Gasteiger partial charge in [0.1, 0.15) is 17.4 Å². The van der Waals surface area contributed by atoms with Gasteiger partial charge in [-0.3, -0.25) is 4.79 Å². The summed E-state index contributed by atoms with van der Waals surface area (Å²) in [6.07, 6.45) is 1.80. The summed E-state index contributed by atoms with van der Waals surface area (Å²) in [6.45, 7) is 15.7. The van der Waals surface area contributed by atoms with Crippen LogP contribution >= 0.6 is 0 Å². The molecule has 0 saturated carbocycles. The summed E-state index contributed by atoms with van der Waals surface area (Å²) >= 11 is 0. The minimum Gasteiger partial charge on any atom is -0.494 e. The summed E-state index contributed by atoms with van der Waals surface area (Å²) < 4.78 is 5.92. The van der Waals surface area contributed by atoms with E-state index in [1.807, 2.05) is 25.1 Å². The molecule has 0 bridgehead atoms. The van der Waals surface area contributed by atoms with E-state index < -0.39 is 0 Å². The molecule has 3 N–H and O–H groups in total. The molecule has 1 saturated heterocycles. The molecule has 0 atom stereocenters. The molecule has 9 heteroatoms. The van der Waals surface area contributed by atoms with E-state index in [1.165, 1.54) is 5.69 Å². The normalized spacial score (nSPS) is 13.6. The van der Waals surface area contributed by atoms with E-state index in [9.17, 15) is 4.79 Å². The van der Waals surface area contributed by atoms with Crippen molar-refractivity contribution in [2.45, 2.75) is 53.9 Å². The SMILES string of the molecule is CCNC(=O)CCCOc1cccc(Cc2nc3c(C)c(-c4nc(C)c(C)cc(N5CCN(C)CC5)cc(C)[nH]4)ccc3[nH]2)c1. The number of fused-ring (bicyclic) bond motifs is 1. The Morgan fingerprint density at radius 2 is 1.78 bits per heavy atom. The van der Waals surface area contributed by atoms with Crippen LogP contribution in [0.3, 0.4) is 0 Å². The smallest absolute Gasteiger partial charge is 0.220 e. The van der Waals surface area contributed by atoms with Gasteiger partial charge in [-0.15, -0.1) is 0 Å². The van der Waals surface area contributed by atoms with Gasteiger partial charge in [0.15, 0.2) is 0 Å². The Labute approximate surface area is 266 Å². The van der Waals surface area contributed by atoms with Crippen molar-refractivity contribution in [2.75, 3.05) is 51.3 Å². The van der Waals surface area contributed by atoms with Gasteiger partial charge < -0.3 is 29.8 Å². The van der Waals surface area contributed by atoms with E-state index in [-0.39, 0.29) is 5.91 Å². The van der Waals surface area contributed by atoms with Gasteiger partial charge in [-0.2, -0.15) is 0 Å². The fourth-order valence-electron chi connectivity index (χ4n) is 5.72. The van der Waals surface area contributed by atoms with E-state index in [2.05, 4.69) is 90.2 Å². The Morgan fingerprint density at radius 3 is 2.56 bits per heavy atom. The Morgan fingerprint density at radius 1 is 0.978 bits per heavy atom. The summed E-state index contributed by atoms with van der Waals surface area (Å²) in [5.74, 6) is 2.59. The number of benzene rings is 2. The second-order valence-corrected chi connectivity index (χ2v) is 12.1. The molecule has 1 aliphatic heterocycles. The molecule has 0 aliphatic carbocycles. The average Bonchev–Trinajstić information content (AvgIpc) is 3.44. The van der Waals surface area contributed by atoms with Crippen molar-refractivity contribution in [1.29, 1.82) is 0 Å². The average molecular weight is 610 g/mol. The second-order valence-electron chi connectivity index (χ2n) is 12.1. The van der Waals surface area contributed by atoms with Crippen LogP contribution in [0.25, 0.3) is 22.4 Å². The molecule has 1 fully saturated rings. The molecule has 9 nitrogen and oxygen atoms in total. The number of aromatic nitrogens is 4. The van der Waals surface area contributed by atoms with Gasteiger partial charge in [0.05, 0.1) is 17.6 Å². The van der Waals surface area contributed by atoms with Gasteiger partial charge in [-0.1, -0.05) is 12.1 Å². The molecule has 0 spiro atoms. The number of aryl methyl sites for hydroxylation is 4. The predicted octanol–water partition coefficient (Wildman–Crippen LogP) is 5.95. The zero-order valence-electron chi connectivity index (χ0n) is 27.6. The van der Waals surface area contributed by atoms with E-state index in [0.717, 1.165) is 88.3 Å². The number of imidazole rings is 1. The van der Waals surface area contributed by atoms with Gasteiger partial charge in [0.25, 0.3) is 0 Å². The van der Waals surface area contributed by atoms with Crippen molar-refractivity contribution in [3.8, 4) is 17.1 Å². The Hall–Kier alpha value is -4.37. The number of H-pyrrole nitrogens is 2. The van der Waals surface area contributed by atoms with Crippen LogP contribution in [0.4, 0.5) is 5.69 Å². The third-order valence-electron chi connectivity index (χ3n) is 8.44. The number of nitrogens with one attached hydrogen (secondary N) is 3. The molecule has 45 heavy (non-hydrogen) atoms. The molecule has 0 radical (unpaired) electrons. The maximum Gasteiger partial charge on any atom is 0.220 e. The summed E-state index contributed by atoms with van der Waals surface area (Å²) in [7, 11) is 2.18. The van der Waals surface area contributed by atoms with Crippen LogP contribution in [0.5, 0.6) is 5.75 Å². The number of ether oxygens (including phenoxy) is 1. The van der Waals surface area contributed by atoms with Crippen molar-refractivity contribution in [1.82, 2.24) is 30.2 Å². The quantitative estimate of drug-likeness (QED) is 0.192. The minimum absolute atomic E-state index is 0.0618. The zero-order valence-corrected chi connectivity index (χ0v) is 27.6. The van der Waals surface area contributed by atoms with Crippen LogP contribution in [0.2, 0.25) is 0 Å². The highest BCUT2D eigenvalue weighted by atomic mass is 16.5. The number of carbonyl (C=O) groups is 1. The largest absolute Gasteiger partial charge is 0.494 e. The fraction of sp³-hybridized carbons (Fsp3) is 0.417. The van der Waals surface area contributed by atoms with Crippen LogP contribution in [0, 0.1) is 27.7 Å². The Balaban J connectivity index is 1.37. The lowest BCUT2D eigenvalue weighted by molar-refractivity contribution is -0.121. The number of amides is 1. The summed E-state index contributed by atoms with van der Waals surface area (Å²) in [4.78, 5) is 33.8. The van der Waals surface area contributed by atoms with Crippen molar-refractivity contribution in [3.63, 3.8) is 0 Å². The first-order chi connectivity index (χ1) is 21.7. The monoisotopic (exact) mass is 609 g/mol. The lowest BCUT2D eigenvalue weighted by atomic mass is 10.1. The maximum atomic E-state index is 11.7. The minimum atomic E-state index is 0.0618. The molecule has 1 aliphatic rings. The van der Waals surface area contributed by atoms with Crippen LogP contribution in [-0.4, -0.2) is 77.1 Å². The molecule has 238 valence electrons. The highest BCUT2D eigenvalue weighted by Crippen LogP contribution is 2.28. The second kappa shape index (κ2) is 14.6. The third kappa shape index (κ3) is 8.22. The molecule has 3 heterocycles. The first kappa shape index (κ1) is 32.0. The van der Waals surface area contributed by atoms with Crippen molar-refractivity contribution >= 4 is 22.6 Å². The molecule has 4 aromatic rings. The van der Waals surface area contributed by atoms with E-state index in [4.69, 9.17) is 14.7 Å². The first-order valence-corrected chi connectivity index (χ1v) is 16.0. The van der Waals surface area contributed by atoms with Crippen LogP contribution in [0.1, 0.15) is 53.7 Å². The Bertz CT molecular complexity index is 1700. The van der Waals surface area contributed by atoms with Gasteiger partial charge in [0, 0.05) is 68.2 Å². The molecular weight excluding hydrogens is 562 g/mol. The molecular formula is C36H47N7O2. The number of anilines is 1. The predicted molar refractivity (Wildman–Crippen MR) is 183 cm³/mol. The van der Waals surface area contributed by atoms with Crippen molar-refractivity contribution < 1.29 is 9.53 Å². The fourth-order valence-corrected chi connectivity index (χ4v) is 5.72. The van der Waals surface area contributed by atoms with Crippen LogP contribution < -0.4 is 15.0 Å². The highest BCUT2D eigenvalue weighted by Gasteiger charge is 2.16. The van der Waals surface area contributed by atoms with Crippen molar-refractivity contribution in [3.05, 3.63) is 82.4 Å². The van der Waals surface area contributed by atoms with E-state index in [1.54, 1.807) is 0 Å². The number of aromatic amines is 2. The van der Waals surface area contributed by atoms with Gasteiger partial charge in [0.2, 0.25) is 5.91 Å². The topological polar surface area (TPSA) is 102 Å². The van der Waals surface area contributed by atoms with Gasteiger partial charge in [-0.25, -0.2) is 9.97 Å². The lowest BCUT2D eigenvalue weighted by Gasteiger charge is -2.34. The summed E-state index contributed by atoms with van der Waals surface area (Å²) in [5, 5.41) is 2.82. The number of rotatable bonds is 10. The summed E-state index contributed by atoms with van der Waals surface area (Å²) in [6, 6.07) is 16.8. The van der Waals surface area contributed by atoms with E-state index >= 15 is 0 Å². The van der Waals surface area contributed by atoms with E-state index in [0.29, 0.717) is 32.4 Å². The van der Waals surface area contributed by atoms with Gasteiger partial charge in [-0.05, 0) is 101 Å². The van der Waals surface area contributed by atoms with Crippen molar-refractivity contribution in [2.24, 2.45) is 0 Å². The molecule has 5 rings (SSSR count). The maximum absolute atomic E-state index is 11.7. The third-order valence-corrected chi connectivity index (χ3v) is 8.44. The zero-order chi connectivity index (χ0) is 31.9. The number of likely N-dealkylation sites (N-methyl/N-ethyl adjacent to an activating group) is 1. The van der Waals surface area contributed by atoms with Crippen LogP contribution in [0.15, 0.2) is 48.5 Å². The first-order valence-electron chi connectivity index (χ1n) is 16.0. The highest BCUT2D eigenvalue weighted by molar-refractivity contribution is 5.85. The number of carbonyl (C=O) groups excluding carboxylic acids is 1. The standard InChI is InChI=1S/C36H47N7O2/c1-7-37-34(44)12-9-19-45-30-11-8-10-28(22-30)23-33-40-32-14-13-31(26(4)35(32)41-33)36-38-25(3)21-29(20-24(2)27(5)39-36)43-17-15-42(6)16-18-43/h8,10-11,13-14,20-22H,7,9,12,15-19,23H2,1-6H3,(H,37,44)(H,38,39)(H,40,41). The number of nitrogens with zero attached hydrogens (tertiary/aromatic N) is 4. The molecule has 0 unspecified atom stereocenters. The van der Waals surface area contributed by atoms with Crippen LogP contribution in [-0.2, 0) is 11.2 Å². The summed E-state index contributed by atoms with van der Waals surface area (Å²) in [5.41, 5.74) is 9.58. The number of piperazine rings is 1. The number of hydrogen-bond donors (Lipinski definition) is 3.